The van der Waals surface area contributed by atoms with Crippen LogP contribution < -0.4 is 5.46 Å². The molecular weight excluding hydrogens is 313 g/mol. The van der Waals surface area contributed by atoms with E-state index in [1.54, 1.807) is 0 Å². The summed E-state index contributed by atoms with van der Waals surface area (Å²) in [5, 5.41) is 2.65. The van der Waals surface area contributed by atoms with Gasteiger partial charge in [0, 0.05) is 16.5 Å². The minimum absolute atomic E-state index is 1.20. The first-order valence-electron chi connectivity index (χ1n) is 8.97. The highest BCUT2D eigenvalue weighted by Gasteiger charge is 2.14. The molecule has 5 rings (SSSR count). The summed E-state index contributed by atoms with van der Waals surface area (Å²) in [6, 6.07) is 34.6. The molecule has 1 aromatic heterocycles. The zero-order chi connectivity index (χ0) is 17.5. The predicted octanol–water partition coefficient (Wildman–Crippen LogP) is 4.71. The van der Waals surface area contributed by atoms with Crippen LogP contribution in [0.1, 0.15) is 0 Å². The van der Waals surface area contributed by atoms with E-state index < -0.39 is 0 Å². The SMILES string of the molecule is Bc1cccc2c1c1cc(-c3ccccc3)ccc1n2-c1ccccc1. The third-order valence-corrected chi connectivity index (χ3v) is 5.12. The summed E-state index contributed by atoms with van der Waals surface area (Å²) >= 11 is 0. The van der Waals surface area contributed by atoms with E-state index in [2.05, 4.69) is 109 Å². The lowest BCUT2D eigenvalue weighted by Gasteiger charge is -2.08. The van der Waals surface area contributed by atoms with Gasteiger partial charge in [-0.05, 0) is 41.5 Å². The molecule has 26 heavy (non-hydrogen) atoms. The van der Waals surface area contributed by atoms with Crippen LogP contribution in [0.4, 0.5) is 0 Å². The predicted molar refractivity (Wildman–Crippen MR) is 114 cm³/mol. The van der Waals surface area contributed by atoms with Crippen LogP contribution in [0.25, 0.3) is 38.6 Å². The molecule has 0 amide bonds. The first-order chi connectivity index (χ1) is 12.8. The normalized spacial score (nSPS) is 11.2. The highest BCUT2D eigenvalue weighted by molar-refractivity contribution is 6.41. The van der Waals surface area contributed by atoms with Gasteiger partial charge in [-0.25, -0.2) is 0 Å². The van der Waals surface area contributed by atoms with Crippen molar-refractivity contribution in [2.45, 2.75) is 0 Å². The number of aromatic nitrogens is 1. The minimum Gasteiger partial charge on any atom is -0.309 e. The van der Waals surface area contributed by atoms with Crippen LogP contribution in [0.15, 0.2) is 97.1 Å². The molecule has 0 aliphatic heterocycles. The molecule has 1 nitrogen and oxygen atoms in total. The summed E-state index contributed by atoms with van der Waals surface area (Å²) in [5.41, 5.74) is 7.53. The van der Waals surface area contributed by atoms with E-state index in [1.807, 2.05) is 0 Å². The Bertz CT molecular complexity index is 1220. The lowest BCUT2D eigenvalue weighted by Crippen LogP contribution is -2.02. The topological polar surface area (TPSA) is 4.93 Å². The molecule has 2 heteroatoms. The lowest BCUT2D eigenvalue weighted by atomic mass is 9.90. The second-order valence-electron chi connectivity index (χ2n) is 6.74. The van der Waals surface area contributed by atoms with Crippen LogP contribution in [-0.2, 0) is 0 Å². The van der Waals surface area contributed by atoms with Gasteiger partial charge in [0.1, 0.15) is 7.85 Å². The lowest BCUT2D eigenvalue weighted by molar-refractivity contribution is 1.18. The second-order valence-corrected chi connectivity index (χ2v) is 6.74. The van der Waals surface area contributed by atoms with Crippen molar-refractivity contribution in [2.75, 3.05) is 0 Å². The first kappa shape index (κ1) is 15.0. The van der Waals surface area contributed by atoms with Gasteiger partial charge in [0.2, 0.25) is 0 Å². The van der Waals surface area contributed by atoms with E-state index in [-0.39, 0.29) is 0 Å². The minimum atomic E-state index is 1.20. The molecule has 0 saturated carbocycles. The van der Waals surface area contributed by atoms with E-state index in [4.69, 9.17) is 0 Å². The molecule has 4 aromatic carbocycles. The Morgan fingerprint density at radius 1 is 0.577 bits per heavy atom. The first-order valence-corrected chi connectivity index (χ1v) is 8.97. The number of hydrogen-bond acceptors (Lipinski definition) is 0. The Morgan fingerprint density at radius 2 is 1.31 bits per heavy atom. The molecule has 0 bridgehead atoms. The molecule has 122 valence electrons. The summed E-state index contributed by atoms with van der Waals surface area (Å²) in [6.07, 6.45) is 0. The van der Waals surface area contributed by atoms with Gasteiger partial charge in [-0.1, -0.05) is 72.2 Å². The molecule has 0 aliphatic rings. The molecule has 0 N–H and O–H groups in total. The second kappa shape index (κ2) is 5.92. The van der Waals surface area contributed by atoms with Gasteiger partial charge in [-0.3, -0.25) is 0 Å². The molecule has 0 spiro atoms. The summed E-state index contributed by atoms with van der Waals surface area (Å²) in [4.78, 5) is 0. The van der Waals surface area contributed by atoms with Crippen molar-refractivity contribution in [2.24, 2.45) is 0 Å². The van der Waals surface area contributed by atoms with Gasteiger partial charge < -0.3 is 4.57 Å². The summed E-state index contributed by atoms with van der Waals surface area (Å²) < 4.78 is 2.37. The van der Waals surface area contributed by atoms with Crippen molar-refractivity contribution >= 4 is 35.1 Å². The fraction of sp³-hybridized carbons (Fsp3) is 0. The summed E-state index contributed by atoms with van der Waals surface area (Å²) in [7, 11) is 2.20. The van der Waals surface area contributed by atoms with Crippen LogP contribution in [0, 0.1) is 0 Å². The molecule has 0 aliphatic carbocycles. The molecule has 5 aromatic rings. The monoisotopic (exact) mass is 331 g/mol. The van der Waals surface area contributed by atoms with Crippen LogP contribution in [0.3, 0.4) is 0 Å². The van der Waals surface area contributed by atoms with Gasteiger partial charge >= 0.3 is 0 Å². The van der Waals surface area contributed by atoms with Crippen molar-refractivity contribution in [3.8, 4) is 16.8 Å². The number of benzene rings is 4. The van der Waals surface area contributed by atoms with E-state index >= 15 is 0 Å². The van der Waals surface area contributed by atoms with Crippen LogP contribution in [0.5, 0.6) is 0 Å². The highest BCUT2D eigenvalue weighted by Crippen LogP contribution is 2.33. The van der Waals surface area contributed by atoms with E-state index in [1.165, 1.54) is 44.1 Å². The van der Waals surface area contributed by atoms with Crippen molar-refractivity contribution < 1.29 is 0 Å². The van der Waals surface area contributed by atoms with E-state index in [9.17, 15) is 0 Å². The van der Waals surface area contributed by atoms with Gasteiger partial charge in [0.05, 0.1) is 11.0 Å². The highest BCUT2D eigenvalue weighted by atomic mass is 15.0. The fourth-order valence-electron chi connectivity index (χ4n) is 3.92. The standard InChI is InChI=1S/C24H18BN/c25-21-12-7-13-23-24(21)20-16-18(17-8-3-1-4-9-17)14-15-22(20)26(23)19-10-5-2-6-11-19/h1-16H,25H2. The van der Waals surface area contributed by atoms with Gasteiger partial charge in [-0.15, -0.1) is 0 Å². The molecule has 0 radical (unpaired) electrons. The smallest absolute Gasteiger partial charge is 0.140 e. The van der Waals surface area contributed by atoms with E-state index in [0.29, 0.717) is 0 Å². The van der Waals surface area contributed by atoms with Crippen LogP contribution in [0.2, 0.25) is 0 Å². The van der Waals surface area contributed by atoms with Crippen molar-refractivity contribution in [3.63, 3.8) is 0 Å². The Morgan fingerprint density at radius 3 is 2.08 bits per heavy atom. The van der Waals surface area contributed by atoms with Crippen LogP contribution >= 0.6 is 0 Å². The Balaban J connectivity index is 1.89. The number of nitrogens with zero attached hydrogens (tertiary/aromatic N) is 1. The quantitative estimate of drug-likeness (QED) is 0.413. The third kappa shape index (κ3) is 2.27. The molecule has 0 atom stereocenters. The third-order valence-electron chi connectivity index (χ3n) is 5.12. The average Bonchev–Trinajstić information content (AvgIpc) is 3.04. The number of para-hydroxylation sites is 1. The molecule has 0 fully saturated rings. The zero-order valence-electron chi connectivity index (χ0n) is 14.7. The molecule has 0 saturated heterocycles. The summed E-state index contributed by atoms with van der Waals surface area (Å²) in [6.45, 7) is 0. The van der Waals surface area contributed by atoms with Gasteiger partial charge in [0.25, 0.3) is 0 Å². The number of rotatable bonds is 2. The average molecular weight is 331 g/mol. The van der Waals surface area contributed by atoms with Gasteiger partial charge in [0.15, 0.2) is 0 Å². The Labute approximate surface area is 153 Å². The Hall–Kier alpha value is -3.26. The maximum atomic E-state index is 2.37. The van der Waals surface area contributed by atoms with Crippen molar-refractivity contribution in [1.29, 1.82) is 0 Å². The van der Waals surface area contributed by atoms with Crippen molar-refractivity contribution in [3.05, 3.63) is 97.1 Å². The Kier molecular flexibility index (Phi) is 3.43. The fourth-order valence-corrected chi connectivity index (χ4v) is 3.92. The van der Waals surface area contributed by atoms with Gasteiger partial charge in [-0.2, -0.15) is 0 Å². The maximum Gasteiger partial charge on any atom is 0.140 e. The van der Waals surface area contributed by atoms with Crippen molar-refractivity contribution in [1.82, 2.24) is 4.57 Å². The number of fused-ring (bicyclic) bond motifs is 3. The largest absolute Gasteiger partial charge is 0.309 e. The molecule has 1 heterocycles. The molecular formula is C24H18BN. The maximum absolute atomic E-state index is 2.37. The zero-order valence-corrected chi connectivity index (χ0v) is 14.7. The van der Waals surface area contributed by atoms with E-state index in [0.717, 1.165) is 0 Å². The summed E-state index contributed by atoms with van der Waals surface area (Å²) in [5.74, 6) is 0. The van der Waals surface area contributed by atoms with Crippen LogP contribution in [-0.4, -0.2) is 12.4 Å². The number of hydrogen-bond donors (Lipinski definition) is 0. The molecule has 0 unspecified atom stereocenters.